The molecule has 1 atom stereocenters. The second kappa shape index (κ2) is 8.20. The lowest BCUT2D eigenvalue weighted by molar-refractivity contribution is -0.122. The average Bonchev–Trinajstić information content (AvgIpc) is 2.39. The minimum Gasteiger partial charge on any atom is -0.354 e. The van der Waals surface area contributed by atoms with Crippen LogP contribution < -0.4 is 16.0 Å². The van der Waals surface area contributed by atoms with E-state index in [1.807, 2.05) is 32.9 Å². The third kappa shape index (κ3) is 5.52. The van der Waals surface area contributed by atoms with Gasteiger partial charge in [-0.1, -0.05) is 24.6 Å². The van der Waals surface area contributed by atoms with Crippen molar-refractivity contribution < 1.29 is 4.79 Å². The Morgan fingerprint density at radius 1 is 1.38 bits per heavy atom. The predicted octanol–water partition coefficient (Wildman–Crippen LogP) is 3.16. The molecule has 0 heterocycles. The Morgan fingerprint density at radius 2 is 2.05 bits per heavy atom. The van der Waals surface area contributed by atoms with Gasteiger partial charge in [0.1, 0.15) is 6.04 Å². The minimum atomic E-state index is -0.402. The van der Waals surface area contributed by atoms with Gasteiger partial charge in [-0.25, -0.2) is 0 Å². The smallest absolute Gasteiger partial charge is 0.242 e. The third-order valence-electron chi connectivity index (χ3n) is 2.96. The van der Waals surface area contributed by atoms with Gasteiger partial charge in [-0.3, -0.25) is 4.79 Å². The Kier molecular flexibility index (Phi) is 6.92. The highest BCUT2D eigenvalue weighted by Gasteiger charge is 2.14. The quantitative estimate of drug-likeness (QED) is 0.727. The van der Waals surface area contributed by atoms with Crippen molar-refractivity contribution >= 4 is 40.5 Å². The lowest BCUT2D eigenvalue weighted by Crippen LogP contribution is -2.46. The number of halogens is 1. The predicted molar refractivity (Wildman–Crippen MR) is 93.0 cm³/mol. The van der Waals surface area contributed by atoms with Gasteiger partial charge in [0.05, 0.1) is 10.7 Å². The van der Waals surface area contributed by atoms with E-state index in [0.29, 0.717) is 16.7 Å². The van der Waals surface area contributed by atoms with Gasteiger partial charge >= 0.3 is 0 Å². The zero-order valence-corrected chi connectivity index (χ0v) is 14.4. The molecule has 0 spiro atoms. The van der Waals surface area contributed by atoms with Crippen LogP contribution in [0.4, 0.5) is 5.69 Å². The van der Waals surface area contributed by atoms with E-state index >= 15 is 0 Å². The van der Waals surface area contributed by atoms with Crippen molar-refractivity contribution in [3.05, 3.63) is 28.3 Å². The zero-order valence-electron chi connectivity index (χ0n) is 12.8. The highest BCUT2D eigenvalue weighted by atomic mass is 35.5. The topological polar surface area (TPSA) is 53.2 Å². The summed E-state index contributed by atoms with van der Waals surface area (Å²) < 4.78 is 0. The van der Waals surface area contributed by atoms with E-state index in [-0.39, 0.29) is 5.91 Å². The molecule has 1 amide bonds. The fourth-order valence-corrected chi connectivity index (χ4v) is 2.53. The molecule has 116 valence electrons. The molecule has 4 nitrogen and oxygen atoms in total. The zero-order chi connectivity index (χ0) is 16.0. The number of aryl methyl sites for hydroxylation is 2. The summed E-state index contributed by atoms with van der Waals surface area (Å²) in [5, 5.41) is 9.82. The van der Waals surface area contributed by atoms with E-state index in [9.17, 15) is 4.79 Å². The number of rotatable bonds is 5. The molecule has 1 aromatic rings. The number of amides is 1. The van der Waals surface area contributed by atoms with Gasteiger partial charge in [-0.05, 0) is 56.6 Å². The van der Waals surface area contributed by atoms with Crippen molar-refractivity contribution in [2.75, 3.05) is 11.9 Å². The molecule has 0 bridgehead atoms. The third-order valence-corrected chi connectivity index (χ3v) is 3.48. The number of nitrogens with one attached hydrogen (secondary N) is 3. The Bertz CT molecular complexity index is 511. The van der Waals surface area contributed by atoms with E-state index in [1.54, 1.807) is 6.92 Å². The monoisotopic (exact) mass is 327 g/mol. The fourth-order valence-electron chi connectivity index (χ4n) is 1.89. The lowest BCUT2D eigenvalue weighted by atomic mass is 10.1. The van der Waals surface area contributed by atoms with Crippen molar-refractivity contribution in [1.82, 2.24) is 10.6 Å². The highest BCUT2D eigenvalue weighted by Crippen LogP contribution is 2.27. The molecule has 21 heavy (non-hydrogen) atoms. The van der Waals surface area contributed by atoms with E-state index in [2.05, 4.69) is 16.0 Å². The SMILES string of the molecule is CCCNC(=O)[C@@H](C)NC(=S)Nc1c(C)cc(C)cc1Cl. The molecular weight excluding hydrogens is 306 g/mol. The van der Waals surface area contributed by atoms with Gasteiger partial charge in [0, 0.05) is 6.54 Å². The van der Waals surface area contributed by atoms with Crippen LogP contribution in [0.25, 0.3) is 0 Å². The van der Waals surface area contributed by atoms with Crippen LogP contribution in [-0.2, 0) is 4.79 Å². The normalized spacial score (nSPS) is 11.7. The number of carbonyl (C=O) groups excluding carboxylic acids is 1. The molecule has 0 fully saturated rings. The first-order valence-corrected chi connectivity index (χ1v) is 7.75. The van der Waals surface area contributed by atoms with Crippen molar-refractivity contribution in [3.63, 3.8) is 0 Å². The van der Waals surface area contributed by atoms with Crippen molar-refractivity contribution in [3.8, 4) is 0 Å². The Balaban J connectivity index is 2.64. The van der Waals surface area contributed by atoms with Crippen LogP contribution in [0.5, 0.6) is 0 Å². The first kappa shape index (κ1) is 17.7. The second-order valence-corrected chi connectivity index (χ2v) is 5.87. The molecule has 0 aliphatic carbocycles. The first-order valence-electron chi connectivity index (χ1n) is 6.97. The summed E-state index contributed by atoms with van der Waals surface area (Å²) in [7, 11) is 0. The van der Waals surface area contributed by atoms with Gasteiger partial charge in [-0.15, -0.1) is 0 Å². The average molecular weight is 328 g/mol. The fraction of sp³-hybridized carbons (Fsp3) is 0.467. The molecule has 0 unspecified atom stereocenters. The molecule has 0 radical (unpaired) electrons. The second-order valence-electron chi connectivity index (χ2n) is 5.05. The van der Waals surface area contributed by atoms with Crippen LogP contribution >= 0.6 is 23.8 Å². The molecule has 0 saturated heterocycles. The largest absolute Gasteiger partial charge is 0.354 e. The summed E-state index contributed by atoms with van der Waals surface area (Å²) in [6.07, 6.45) is 0.902. The number of benzene rings is 1. The van der Waals surface area contributed by atoms with E-state index in [0.717, 1.165) is 23.2 Å². The minimum absolute atomic E-state index is 0.0762. The van der Waals surface area contributed by atoms with E-state index in [1.165, 1.54) is 0 Å². The lowest BCUT2D eigenvalue weighted by Gasteiger charge is -2.18. The van der Waals surface area contributed by atoms with Gasteiger partial charge in [0.2, 0.25) is 5.91 Å². The Labute approximate surface area is 136 Å². The standard InChI is InChI=1S/C15H22ClN3OS/c1-5-6-17-14(20)11(4)18-15(21)19-13-10(3)7-9(2)8-12(13)16/h7-8,11H,5-6H2,1-4H3,(H,17,20)(H2,18,19,21)/t11-/m1/s1. The molecule has 0 aliphatic rings. The maximum Gasteiger partial charge on any atom is 0.242 e. The first-order chi connectivity index (χ1) is 9.85. The molecule has 6 heteroatoms. The molecular formula is C15H22ClN3OS. The Morgan fingerprint density at radius 3 is 2.62 bits per heavy atom. The van der Waals surface area contributed by atoms with Crippen LogP contribution in [0.3, 0.4) is 0 Å². The van der Waals surface area contributed by atoms with Gasteiger partial charge in [0.25, 0.3) is 0 Å². The van der Waals surface area contributed by atoms with E-state index in [4.69, 9.17) is 23.8 Å². The molecule has 1 aromatic carbocycles. The highest BCUT2D eigenvalue weighted by molar-refractivity contribution is 7.80. The summed E-state index contributed by atoms with van der Waals surface area (Å²) >= 11 is 11.5. The van der Waals surface area contributed by atoms with Crippen molar-refractivity contribution in [2.24, 2.45) is 0 Å². The molecule has 0 aromatic heterocycles. The molecule has 0 aliphatic heterocycles. The summed E-state index contributed by atoms with van der Waals surface area (Å²) in [5.41, 5.74) is 2.86. The molecule has 0 saturated carbocycles. The number of anilines is 1. The maximum absolute atomic E-state index is 11.8. The van der Waals surface area contributed by atoms with Crippen LogP contribution in [0, 0.1) is 13.8 Å². The number of hydrogen-bond donors (Lipinski definition) is 3. The summed E-state index contributed by atoms with van der Waals surface area (Å²) in [6.45, 7) is 8.38. The van der Waals surface area contributed by atoms with Crippen molar-refractivity contribution in [2.45, 2.75) is 40.2 Å². The van der Waals surface area contributed by atoms with Crippen molar-refractivity contribution in [1.29, 1.82) is 0 Å². The number of carbonyl (C=O) groups is 1. The Hall–Kier alpha value is -1.33. The van der Waals surface area contributed by atoms with Crippen LogP contribution in [0.2, 0.25) is 5.02 Å². The summed E-state index contributed by atoms with van der Waals surface area (Å²) in [4.78, 5) is 11.8. The van der Waals surface area contributed by atoms with Gasteiger partial charge in [-0.2, -0.15) is 0 Å². The van der Waals surface area contributed by atoms with Crippen LogP contribution in [0.1, 0.15) is 31.4 Å². The van der Waals surface area contributed by atoms with E-state index < -0.39 is 6.04 Å². The van der Waals surface area contributed by atoms with Gasteiger partial charge in [0.15, 0.2) is 5.11 Å². The molecule has 3 N–H and O–H groups in total. The molecule has 1 rings (SSSR count). The van der Waals surface area contributed by atoms with Crippen LogP contribution in [-0.4, -0.2) is 23.6 Å². The van der Waals surface area contributed by atoms with Crippen LogP contribution in [0.15, 0.2) is 12.1 Å². The maximum atomic E-state index is 11.8. The number of thiocarbonyl (C=S) groups is 1. The number of hydrogen-bond acceptors (Lipinski definition) is 2. The van der Waals surface area contributed by atoms with Gasteiger partial charge < -0.3 is 16.0 Å². The summed E-state index contributed by atoms with van der Waals surface area (Å²) in [5.74, 6) is -0.0762. The summed E-state index contributed by atoms with van der Waals surface area (Å²) in [6, 6.07) is 3.49.